The summed E-state index contributed by atoms with van der Waals surface area (Å²) in [7, 11) is 0. The molecule has 0 saturated heterocycles. The number of rotatable bonds is 2. The van der Waals surface area contributed by atoms with E-state index < -0.39 is 11.6 Å². The van der Waals surface area contributed by atoms with Crippen LogP contribution in [0.2, 0.25) is 0 Å². The first kappa shape index (κ1) is 12.5. The topological polar surface area (TPSA) is 56.5 Å². The molecule has 0 radical (unpaired) electrons. The number of fused-ring (bicyclic) bond motifs is 1. The summed E-state index contributed by atoms with van der Waals surface area (Å²) in [5.41, 5.74) is 6.66. The van der Waals surface area contributed by atoms with E-state index in [1.54, 1.807) is 12.1 Å². The minimum atomic E-state index is -0.957. The molecular formula is C14H12F2N2O2. The van der Waals surface area contributed by atoms with E-state index in [4.69, 9.17) is 15.2 Å². The van der Waals surface area contributed by atoms with Crippen LogP contribution in [0.25, 0.3) is 0 Å². The Morgan fingerprint density at radius 3 is 2.45 bits per heavy atom. The van der Waals surface area contributed by atoms with Gasteiger partial charge in [0.1, 0.15) is 13.2 Å². The summed E-state index contributed by atoms with van der Waals surface area (Å²) in [4.78, 5) is 0. The summed E-state index contributed by atoms with van der Waals surface area (Å²) in [6.45, 7) is 0.891. The third-order valence-corrected chi connectivity index (χ3v) is 2.94. The lowest BCUT2D eigenvalue weighted by atomic mass is 10.2. The van der Waals surface area contributed by atoms with Crippen molar-refractivity contribution in [2.24, 2.45) is 0 Å². The molecule has 0 amide bonds. The van der Waals surface area contributed by atoms with Gasteiger partial charge >= 0.3 is 0 Å². The average Bonchev–Trinajstić information content (AvgIpc) is 2.44. The maximum absolute atomic E-state index is 13.6. The minimum Gasteiger partial charge on any atom is -0.486 e. The van der Waals surface area contributed by atoms with Gasteiger partial charge in [0.25, 0.3) is 0 Å². The van der Waals surface area contributed by atoms with Gasteiger partial charge in [-0.05, 0) is 12.1 Å². The predicted molar refractivity (Wildman–Crippen MR) is 71.5 cm³/mol. The van der Waals surface area contributed by atoms with Crippen LogP contribution in [-0.2, 0) is 0 Å². The van der Waals surface area contributed by atoms with Crippen molar-refractivity contribution in [3.63, 3.8) is 0 Å². The molecule has 6 heteroatoms. The summed E-state index contributed by atoms with van der Waals surface area (Å²) in [6.07, 6.45) is 0. The van der Waals surface area contributed by atoms with Crippen LogP contribution in [-0.4, -0.2) is 13.2 Å². The summed E-state index contributed by atoms with van der Waals surface area (Å²) < 4.78 is 37.6. The average molecular weight is 278 g/mol. The van der Waals surface area contributed by atoms with E-state index in [0.717, 1.165) is 6.07 Å². The van der Waals surface area contributed by atoms with Crippen LogP contribution in [0.4, 0.5) is 25.8 Å². The van der Waals surface area contributed by atoms with E-state index in [1.807, 2.05) is 0 Å². The van der Waals surface area contributed by atoms with Crippen LogP contribution in [0.3, 0.4) is 0 Å². The Labute approximate surface area is 114 Å². The molecule has 0 unspecified atom stereocenters. The van der Waals surface area contributed by atoms with E-state index >= 15 is 0 Å². The third kappa shape index (κ3) is 2.20. The molecule has 1 aliphatic heterocycles. The molecule has 3 N–H and O–H groups in total. The molecule has 20 heavy (non-hydrogen) atoms. The van der Waals surface area contributed by atoms with Crippen molar-refractivity contribution in [3.8, 4) is 11.5 Å². The summed E-state index contributed by atoms with van der Waals surface area (Å²) >= 11 is 0. The van der Waals surface area contributed by atoms with Crippen LogP contribution < -0.4 is 20.5 Å². The van der Waals surface area contributed by atoms with Crippen LogP contribution in [0, 0.1) is 11.6 Å². The fourth-order valence-corrected chi connectivity index (χ4v) is 1.96. The lowest BCUT2D eigenvalue weighted by Gasteiger charge is -2.20. The van der Waals surface area contributed by atoms with Gasteiger partial charge in [0.15, 0.2) is 23.1 Å². The van der Waals surface area contributed by atoms with Crippen molar-refractivity contribution in [2.75, 3.05) is 24.3 Å². The highest BCUT2D eigenvalue weighted by molar-refractivity contribution is 5.76. The second kappa shape index (κ2) is 4.88. The summed E-state index contributed by atoms with van der Waals surface area (Å²) in [5, 5.41) is 2.76. The number of hydrogen-bond donors (Lipinski definition) is 2. The predicted octanol–water partition coefficient (Wildman–Crippen LogP) is 3.06. The molecule has 0 spiro atoms. The van der Waals surface area contributed by atoms with Gasteiger partial charge in [-0.3, -0.25) is 0 Å². The zero-order valence-corrected chi connectivity index (χ0v) is 10.5. The molecule has 0 bridgehead atoms. The second-order valence-corrected chi connectivity index (χ2v) is 4.31. The largest absolute Gasteiger partial charge is 0.486 e. The van der Waals surface area contributed by atoms with Crippen LogP contribution >= 0.6 is 0 Å². The molecule has 3 rings (SSSR count). The highest BCUT2D eigenvalue weighted by atomic mass is 19.2. The maximum Gasteiger partial charge on any atom is 0.182 e. The van der Waals surface area contributed by atoms with Gasteiger partial charge in [-0.1, -0.05) is 6.07 Å². The Kier molecular flexibility index (Phi) is 3.06. The molecule has 0 aromatic heterocycles. The molecule has 4 nitrogen and oxygen atoms in total. The van der Waals surface area contributed by atoms with Crippen molar-refractivity contribution in [2.45, 2.75) is 0 Å². The molecule has 2 aromatic rings. The fraction of sp³-hybridized carbons (Fsp3) is 0.143. The van der Waals surface area contributed by atoms with Crippen LogP contribution in [0.5, 0.6) is 11.5 Å². The first-order valence-corrected chi connectivity index (χ1v) is 6.05. The van der Waals surface area contributed by atoms with Crippen molar-refractivity contribution in [1.29, 1.82) is 0 Å². The number of nitrogen functional groups attached to an aromatic ring is 1. The molecule has 1 heterocycles. The molecule has 2 aromatic carbocycles. The zero-order chi connectivity index (χ0) is 14.1. The highest BCUT2D eigenvalue weighted by Gasteiger charge is 2.16. The quantitative estimate of drug-likeness (QED) is 0.829. The van der Waals surface area contributed by atoms with Crippen molar-refractivity contribution in [1.82, 2.24) is 0 Å². The van der Waals surface area contributed by atoms with Crippen molar-refractivity contribution < 1.29 is 18.3 Å². The molecule has 0 atom stereocenters. The standard InChI is InChI=1S/C14H12F2N2O2/c15-8-2-1-3-10(14(8)16)18-11-7-13-12(6-9(11)17)19-4-5-20-13/h1-3,6-7,18H,4-5,17H2. The number of halogens is 2. The number of anilines is 3. The Hall–Kier alpha value is -2.50. The lowest BCUT2D eigenvalue weighted by Crippen LogP contribution is -2.15. The SMILES string of the molecule is Nc1cc2c(cc1Nc1cccc(F)c1F)OCCO2. The smallest absolute Gasteiger partial charge is 0.182 e. The molecule has 104 valence electrons. The van der Waals surface area contributed by atoms with E-state index in [-0.39, 0.29) is 5.69 Å². The highest BCUT2D eigenvalue weighted by Crippen LogP contribution is 2.38. The number of nitrogens with one attached hydrogen (secondary N) is 1. The van der Waals surface area contributed by atoms with Crippen LogP contribution in [0.15, 0.2) is 30.3 Å². The fourth-order valence-electron chi connectivity index (χ4n) is 1.96. The Bertz CT molecular complexity index is 662. The first-order chi connectivity index (χ1) is 9.65. The first-order valence-electron chi connectivity index (χ1n) is 6.05. The van der Waals surface area contributed by atoms with E-state index in [1.165, 1.54) is 12.1 Å². The van der Waals surface area contributed by atoms with E-state index in [2.05, 4.69) is 5.32 Å². The minimum absolute atomic E-state index is 0.00776. The van der Waals surface area contributed by atoms with Gasteiger partial charge < -0.3 is 20.5 Å². The monoisotopic (exact) mass is 278 g/mol. The van der Waals surface area contributed by atoms with Gasteiger partial charge in [0.05, 0.1) is 17.1 Å². The zero-order valence-electron chi connectivity index (χ0n) is 10.5. The van der Waals surface area contributed by atoms with Gasteiger partial charge in [0, 0.05) is 12.1 Å². The molecular weight excluding hydrogens is 266 g/mol. The molecule has 0 fully saturated rings. The van der Waals surface area contributed by atoms with E-state index in [0.29, 0.717) is 36.1 Å². The Balaban J connectivity index is 1.96. The summed E-state index contributed by atoms with van der Waals surface area (Å²) in [5.74, 6) is -0.823. The van der Waals surface area contributed by atoms with Gasteiger partial charge in [-0.2, -0.15) is 0 Å². The van der Waals surface area contributed by atoms with Crippen LogP contribution in [0.1, 0.15) is 0 Å². The van der Waals surface area contributed by atoms with Gasteiger partial charge in [-0.25, -0.2) is 8.78 Å². The van der Waals surface area contributed by atoms with Gasteiger partial charge in [0.2, 0.25) is 0 Å². The molecule has 1 aliphatic rings. The molecule has 0 aliphatic carbocycles. The Morgan fingerprint density at radius 2 is 1.70 bits per heavy atom. The molecule has 0 saturated carbocycles. The van der Waals surface area contributed by atoms with Gasteiger partial charge in [-0.15, -0.1) is 0 Å². The third-order valence-electron chi connectivity index (χ3n) is 2.94. The number of benzene rings is 2. The number of nitrogens with two attached hydrogens (primary N) is 1. The lowest BCUT2D eigenvalue weighted by molar-refractivity contribution is 0.172. The van der Waals surface area contributed by atoms with Crippen molar-refractivity contribution >= 4 is 17.1 Å². The summed E-state index contributed by atoms with van der Waals surface area (Å²) in [6, 6.07) is 7.08. The maximum atomic E-state index is 13.6. The number of ether oxygens (including phenoxy) is 2. The van der Waals surface area contributed by atoms with Crippen molar-refractivity contribution in [3.05, 3.63) is 42.0 Å². The van der Waals surface area contributed by atoms with E-state index in [9.17, 15) is 8.78 Å². The Morgan fingerprint density at radius 1 is 1.00 bits per heavy atom. The number of hydrogen-bond acceptors (Lipinski definition) is 4. The second-order valence-electron chi connectivity index (χ2n) is 4.31. The normalized spacial score (nSPS) is 13.1.